The molecule has 0 aromatic rings. The number of carboxylic acid groups (broad SMARTS) is 1. The average molecular weight is 766 g/mol. The first-order valence-electron chi connectivity index (χ1n) is 20.8. The topological polar surface area (TPSA) is 102 Å². The molecule has 8 heteroatoms. The van der Waals surface area contributed by atoms with Crippen molar-refractivity contribution in [2.75, 3.05) is 41.0 Å². The lowest BCUT2D eigenvalue weighted by Crippen LogP contribution is -2.55. The van der Waals surface area contributed by atoms with Crippen LogP contribution < -0.4 is 5.11 Å². The van der Waals surface area contributed by atoms with E-state index in [4.69, 9.17) is 14.2 Å². The van der Waals surface area contributed by atoms with Gasteiger partial charge in [0.15, 0.2) is 6.10 Å². The summed E-state index contributed by atoms with van der Waals surface area (Å²) >= 11 is 0. The SMILES string of the molecule is CC/C=C/C/C=C/C/C=C/C/C=C/C/C=C/C/C=C/C/C=C/CCCC(=O)OC(COCCC(C(=O)[O-])[N+](C)(C)C)COC(=O)CC/C=C/CCCCCC. The number of nitrogens with zero attached hydrogens (tertiary/aromatic N) is 1. The van der Waals surface area contributed by atoms with Crippen molar-refractivity contribution in [3.05, 3.63) is 97.2 Å². The maximum absolute atomic E-state index is 12.6. The van der Waals surface area contributed by atoms with Gasteiger partial charge >= 0.3 is 11.9 Å². The summed E-state index contributed by atoms with van der Waals surface area (Å²) in [5, 5.41) is 11.6. The molecule has 2 unspecified atom stereocenters. The van der Waals surface area contributed by atoms with Crippen molar-refractivity contribution in [1.29, 1.82) is 0 Å². The summed E-state index contributed by atoms with van der Waals surface area (Å²) in [4.78, 5) is 36.6. The fourth-order valence-electron chi connectivity index (χ4n) is 5.25. The van der Waals surface area contributed by atoms with Crippen LogP contribution in [0.25, 0.3) is 0 Å². The quantitative estimate of drug-likeness (QED) is 0.0274. The standard InChI is InChI=1S/C47H75NO7/c1-6-8-10-12-14-16-17-18-19-20-21-22-23-24-25-26-27-28-29-30-32-34-36-38-46(50)55-43(41-53-40-39-44(47(51)52)48(3,4)5)42-54-45(49)37-35-33-31-15-13-11-9-7-2/h8,10,14,16,18-19,21-22,24-25,27-28,30-33,43-44H,6-7,9,11-13,15,17,20,23,26,29,34-42H2,1-5H3/b10-8+,16-14+,19-18+,22-21+,25-24+,28-27+,32-30+,33-31+. The molecule has 2 atom stereocenters. The van der Waals surface area contributed by atoms with E-state index in [1.54, 1.807) is 21.1 Å². The van der Waals surface area contributed by atoms with E-state index < -0.39 is 18.1 Å². The maximum atomic E-state index is 12.6. The summed E-state index contributed by atoms with van der Waals surface area (Å²) in [5.74, 6) is -1.90. The third-order valence-electron chi connectivity index (χ3n) is 8.47. The van der Waals surface area contributed by atoms with E-state index in [0.29, 0.717) is 12.8 Å². The van der Waals surface area contributed by atoms with Gasteiger partial charge in [0.05, 0.1) is 40.3 Å². The number of aliphatic carboxylic acids is 1. The summed E-state index contributed by atoms with van der Waals surface area (Å²) in [7, 11) is 5.35. The van der Waals surface area contributed by atoms with E-state index in [9.17, 15) is 19.5 Å². The molecule has 0 amide bonds. The average Bonchev–Trinajstić information content (AvgIpc) is 3.14. The summed E-state index contributed by atoms with van der Waals surface area (Å²) in [5.41, 5.74) is 0. The number of carbonyl (C=O) groups is 3. The minimum absolute atomic E-state index is 0.000543. The Kier molecular flexibility index (Phi) is 34.7. The van der Waals surface area contributed by atoms with E-state index >= 15 is 0 Å². The third-order valence-corrected chi connectivity index (χ3v) is 8.47. The molecule has 55 heavy (non-hydrogen) atoms. The van der Waals surface area contributed by atoms with Crippen LogP contribution >= 0.6 is 0 Å². The second-order valence-electron chi connectivity index (χ2n) is 14.5. The number of unbranched alkanes of at least 4 members (excludes halogenated alkanes) is 5. The number of allylic oxidation sites excluding steroid dienone is 16. The number of ether oxygens (including phenoxy) is 3. The largest absolute Gasteiger partial charge is 0.544 e. The lowest BCUT2D eigenvalue weighted by atomic mass is 10.1. The van der Waals surface area contributed by atoms with Crippen LogP contribution in [-0.2, 0) is 28.6 Å². The Morgan fingerprint density at radius 2 is 1.05 bits per heavy atom. The molecule has 8 nitrogen and oxygen atoms in total. The number of carboxylic acids is 1. The number of esters is 2. The molecule has 0 bridgehead atoms. The van der Waals surface area contributed by atoms with E-state index in [2.05, 4.69) is 105 Å². The van der Waals surface area contributed by atoms with Crippen molar-refractivity contribution in [3.63, 3.8) is 0 Å². The molecule has 0 fully saturated rings. The van der Waals surface area contributed by atoms with Crippen LogP contribution in [0.3, 0.4) is 0 Å². The Bertz CT molecular complexity index is 1220. The van der Waals surface area contributed by atoms with Gasteiger partial charge in [-0.15, -0.1) is 0 Å². The minimum atomic E-state index is -1.14. The van der Waals surface area contributed by atoms with Crippen molar-refractivity contribution < 1.29 is 38.2 Å². The third kappa shape index (κ3) is 35.7. The Morgan fingerprint density at radius 3 is 1.56 bits per heavy atom. The van der Waals surface area contributed by atoms with Gasteiger partial charge in [0.2, 0.25) is 0 Å². The molecule has 310 valence electrons. The normalized spacial score (nSPS) is 14.0. The highest BCUT2D eigenvalue weighted by Gasteiger charge is 2.25. The van der Waals surface area contributed by atoms with Crippen LogP contribution in [-0.4, -0.2) is 75.5 Å². The predicted molar refractivity (Wildman–Crippen MR) is 226 cm³/mol. The molecule has 0 rings (SSSR count). The summed E-state index contributed by atoms with van der Waals surface area (Å²) in [6.45, 7) is 4.36. The highest BCUT2D eigenvalue weighted by atomic mass is 16.6. The highest BCUT2D eigenvalue weighted by molar-refractivity contribution is 5.70. The second kappa shape index (κ2) is 37.2. The van der Waals surface area contributed by atoms with Gasteiger partial charge in [0.25, 0.3) is 0 Å². The van der Waals surface area contributed by atoms with E-state index in [-0.39, 0.29) is 55.5 Å². The Labute approximate surface area is 335 Å². The predicted octanol–water partition coefficient (Wildman–Crippen LogP) is 9.79. The zero-order chi connectivity index (χ0) is 40.7. The van der Waals surface area contributed by atoms with Crippen molar-refractivity contribution in [3.8, 4) is 0 Å². The minimum Gasteiger partial charge on any atom is -0.544 e. The molecule has 0 saturated heterocycles. The zero-order valence-corrected chi connectivity index (χ0v) is 35.0. The van der Waals surface area contributed by atoms with E-state index in [0.717, 1.165) is 64.2 Å². The van der Waals surface area contributed by atoms with Crippen LogP contribution in [0.4, 0.5) is 0 Å². The van der Waals surface area contributed by atoms with Crippen molar-refractivity contribution in [1.82, 2.24) is 0 Å². The number of carbonyl (C=O) groups excluding carboxylic acids is 3. The molecular weight excluding hydrogens is 691 g/mol. The molecule has 0 saturated carbocycles. The van der Waals surface area contributed by atoms with Crippen molar-refractivity contribution >= 4 is 17.9 Å². The van der Waals surface area contributed by atoms with Gasteiger partial charge in [-0.2, -0.15) is 0 Å². The van der Waals surface area contributed by atoms with Crippen molar-refractivity contribution in [2.24, 2.45) is 0 Å². The molecule has 0 spiro atoms. The first-order valence-corrected chi connectivity index (χ1v) is 20.8. The monoisotopic (exact) mass is 766 g/mol. The maximum Gasteiger partial charge on any atom is 0.306 e. The number of hydrogen-bond acceptors (Lipinski definition) is 7. The molecule has 0 radical (unpaired) electrons. The Morgan fingerprint density at radius 1 is 0.564 bits per heavy atom. The zero-order valence-electron chi connectivity index (χ0n) is 35.0. The second-order valence-corrected chi connectivity index (χ2v) is 14.5. The summed E-state index contributed by atoms with van der Waals surface area (Å²) in [6.07, 6.45) is 49.0. The molecule has 0 aliphatic carbocycles. The van der Waals surface area contributed by atoms with Gasteiger partial charge in [-0.25, -0.2) is 0 Å². The smallest absolute Gasteiger partial charge is 0.306 e. The van der Waals surface area contributed by atoms with E-state index in [1.807, 2.05) is 6.08 Å². The molecule has 0 aliphatic rings. The first-order chi connectivity index (χ1) is 26.6. The Balaban J connectivity index is 4.46. The lowest BCUT2D eigenvalue weighted by Gasteiger charge is -2.34. The number of likely N-dealkylation sites (N-methyl/N-ethyl adjacent to an activating group) is 1. The van der Waals surface area contributed by atoms with Crippen LogP contribution in [0.15, 0.2) is 97.2 Å². The number of rotatable bonds is 35. The van der Waals surface area contributed by atoms with Gasteiger partial charge in [0.1, 0.15) is 12.6 Å². The van der Waals surface area contributed by atoms with Crippen LogP contribution in [0.5, 0.6) is 0 Å². The molecule has 0 aliphatic heterocycles. The molecule has 0 aromatic heterocycles. The molecule has 0 heterocycles. The summed E-state index contributed by atoms with van der Waals surface area (Å²) < 4.78 is 16.9. The molecule has 0 N–H and O–H groups in total. The Hall–Kier alpha value is -3.75. The highest BCUT2D eigenvalue weighted by Crippen LogP contribution is 2.10. The van der Waals surface area contributed by atoms with Gasteiger partial charge < -0.3 is 28.6 Å². The molecular formula is C47H75NO7. The van der Waals surface area contributed by atoms with Crippen LogP contribution in [0.1, 0.15) is 129 Å². The van der Waals surface area contributed by atoms with Gasteiger partial charge in [-0.05, 0) is 77.0 Å². The van der Waals surface area contributed by atoms with E-state index in [1.165, 1.54) is 19.3 Å². The fourth-order valence-corrected chi connectivity index (χ4v) is 5.25. The summed E-state index contributed by atoms with van der Waals surface area (Å²) in [6, 6.07) is -0.744. The van der Waals surface area contributed by atoms with Crippen LogP contribution in [0, 0.1) is 0 Å². The first kappa shape index (κ1) is 51.2. The lowest BCUT2D eigenvalue weighted by molar-refractivity contribution is -0.889. The van der Waals surface area contributed by atoms with Crippen molar-refractivity contribution in [2.45, 2.75) is 142 Å². The van der Waals surface area contributed by atoms with Crippen LogP contribution in [0.2, 0.25) is 0 Å². The van der Waals surface area contributed by atoms with Gasteiger partial charge in [-0.3, -0.25) is 9.59 Å². The fraction of sp³-hybridized carbons (Fsp3) is 0.596. The molecule has 0 aromatic carbocycles. The van der Waals surface area contributed by atoms with Gasteiger partial charge in [0, 0.05) is 19.3 Å². The number of hydrogen-bond donors (Lipinski definition) is 0. The number of quaternary nitrogens is 1. The van der Waals surface area contributed by atoms with Gasteiger partial charge in [-0.1, -0.05) is 130 Å².